The number of esters is 1. The highest BCUT2D eigenvalue weighted by atomic mass is 16.5. The molecular formula is C15H21N3O2. The van der Waals surface area contributed by atoms with Gasteiger partial charge in [-0.15, -0.1) is 0 Å². The van der Waals surface area contributed by atoms with E-state index in [-0.39, 0.29) is 18.4 Å². The van der Waals surface area contributed by atoms with E-state index in [2.05, 4.69) is 24.1 Å². The number of imidazole rings is 1. The van der Waals surface area contributed by atoms with E-state index in [1.807, 2.05) is 29.7 Å². The zero-order chi connectivity index (χ0) is 14.7. The number of anilines is 1. The molecule has 2 heterocycles. The van der Waals surface area contributed by atoms with Gasteiger partial charge in [-0.3, -0.25) is 9.20 Å². The normalized spacial score (nSPS) is 11.1. The fourth-order valence-electron chi connectivity index (χ4n) is 2.12. The van der Waals surface area contributed by atoms with Crippen LogP contribution in [0.2, 0.25) is 0 Å². The Kier molecular flexibility index (Phi) is 4.27. The summed E-state index contributed by atoms with van der Waals surface area (Å²) in [5, 5.41) is 3.16. The van der Waals surface area contributed by atoms with Crippen molar-refractivity contribution in [2.45, 2.75) is 33.6 Å². The molecule has 5 heteroatoms. The van der Waals surface area contributed by atoms with Crippen LogP contribution >= 0.6 is 0 Å². The standard InChI is InChI=1S/C15H21N3O2/c1-5-20-13(19)8-16-15-14(10(2)3)17-12-7-6-11(4)9-18(12)15/h6-7,9-10,16H,5,8H2,1-4H3. The second-order valence-electron chi connectivity index (χ2n) is 5.09. The lowest BCUT2D eigenvalue weighted by atomic mass is 10.1. The molecule has 0 saturated heterocycles. The first-order valence-electron chi connectivity index (χ1n) is 6.91. The predicted molar refractivity (Wildman–Crippen MR) is 79.1 cm³/mol. The van der Waals surface area contributed by atoms with E-state index in [4.69, 9.17) is 4.74 Å². The maximum absolute atomic E-state index is 11.5. The number of pyridine rings is 1. The van der Waals surface area contributed by atoms with Gasteiger partial charge in [0.1, 0.15) is 18.0 Å². The van der Waals surface area contributed by atoms with Gasteiger partial charge in [-0.1, -0.05) is 19.9 Å². The average Bonchev–Trinajstić information content (AvgIpc) is 2.75. The highest BCUT2D eigenvalue weighted by Gasteiger charge is 2.16. The average molecular weight is 275 g/mol. The number of carbonyl (C=O) groups excluding carboxylic acids is 1. The molecule has 2 aromatic heterocycles. The van der Waals surface area contributed by atoms with Crippen molar-refractivity contribution < 1.29 is 9.53 Å². The summed E-state index contributed by atoms with van der Waals surface area (Å²) in [6.45, 7) is 8.55. The van der Waals surface area contributed by atoms with E-state index < -0.39 is 0 Å². The third-order valence-electron chi connectivity index (χ3n) is 3.05. The number of rotatable bonds is 5. The van der Waals surface area contributed by atoms with Crippen LogP contribution in [0.25, 0.3) is 5.65 Å². The number of nitrogens with zero attached hydrogens (tertiary/aromatic N) is 2. The third-order valence-corrected chi connectivity index (χ3v) is 3.05. The van der Waals surface area contributed by atoms with Crippen molar-refractivity contribution in [3.63, 3.8) is 0 Å². The highest BCUT2D eigenvalue weighted by Crippen LogP contribution is 2.25. The summed E-state index contributed by atoms with van der Waals surface area (Å²) in [6, 6.07) is 4.01. The van der Waals surface area contributed by atoms with E-state index in [9.17, 15) is 4.79 Å². The monoisotopic (exact) mass is 275 g/mol. The molecule has 0 aliphatic carbocycles. The third kappa shape index (κ3) is 2.92. The van der Waals surface area contributed by atoms with Crippen LogP contribution in [0.5, 0.6) is 0 Å². The van der Waals surface area contributed by atoms with Gasteiger partial charge in [0, 0.05) is 6.20 Å². The van der Waals surface area contributed by atoms with Crippen molar-refractivity contribution >= 4 is 17.4 Å². The summed E-state index contributed by atoms with van der Waals surface area (Å²) in [5.41, 5.74) is 2.98. The van der Waals surface area contributed by atoms with Gasteiger partial charge in [0.15, 0.2) is 0 Å². The van der Waals surface area contributed by atoms with Crippen LogP contribution in [0.1, 0.15) is 37.9 Å². The van der Waals surface area contributed by atoms with Crippen molar-refractivity contribution in [2.24, 2.45) is 0 Å². The van der Waals surface area contributed by atoms with Crippen LogP contribution in [0, 0.1) is 6.92 Å². The molecule has 0 amide bonds. The molecule has 0 aliphatic rings. The van der Waals surface area contributed by atoms with Crippen LogP contribution in [-0.2, 0) is 9.53 Å². The highest BCUT2D eigenvalue weighted by molar-refractivity contribution is 5.75. The Morgan fingerprint density at radius 1 is 1.45 bits per heavy atom. The number of nitrogens with one attached hydrogen (secondary N) is 1. The number of hydrogen-bond donors (Lipinski definition) is 1. The van der Waals surface area contributed by atoms with E-state index in [1.54, 1.807) is 6.92 Å². The SMILES string of the molecule is CCOC(=O)CNc1c(C(C)C)nc2ccc(C)cn12. The maximum atomic E-state index is 11.5. The summed E-state index contributed by atoms with van der Waals surface area (Å²) in [7, 11) is 0. The minimum Gasteiger partial charge on any atom is -0.465 e. The van der Waals surface area contributed by atoms with Crippen molar-refractivity contribution in [1.82, 2.24) is 9.38 Å². The Morgan fingerprint density at radius 3 is 2.85 bits per heavy atom. The van der Waals surface area contributed by atoms with E-state index in [0.717, 1.165) is 22.7 Å². The van der Waals surface area contributed by atoms with Crippen LogP contribution in [0.3, 0.4) is 0 Å². The second kappa shape index (κ2) is 5.94. The molecule has 0 atom stereocenters. The zero-order valence-electron chi connectivity index (χ0n) is 12.4. The van der Waals surface area contributed by atoms with Gasteiger partial charge in [0.05, 0.1) is 12.3 Å². The molecule has 5 nitrogen and oxygen atoms in total. The molecule has 0 saturated carbocycles. The number of ether oxygens (including phenoxy) is 1. The summed E-state index contributed by atoms with van der Waals surface area (Å²) in [5.74, 6) is 0.886. The Labute approximate surface area is 119 Å². The first-order chi connectivity index (χ1) is 9.52. The fraction of sp³-hybridized carbons (Fsp3) is 0.467. The van der Waals surface area contributed by atoms with E-state index in [1.165, 1.54) is 0 Å². The Bertz CT molecular complexity index is 617. The van der Waals surface area contributed by atoms with Crippen LogP contribution in [0.4, 0.5) is 5.82 Å². The molecule has 0 spiro atoms. The molecule has 20 heavy (non-hydrogen) atoms. The molecule has 0 fully saturated rings. The molecule has 1 N–H and O–H groups in total. The van der Waals surface area contributed by atoms with Crippen molar-refractivity contribution in [3.8, 4) is 0 Å². The van der Waals surface area contributed by atoms with Gasteiger partial charge in [0.25, 0.3) is 0 Å². The van der Waals surface area contributed by atoms with Crippen molar-refractivity contribution in [2.75, 3.05) is 18.5 Å². The van der Waals surface area contributed by atoms with Crippen LogP contribution < -0.4 is 5.32 Å². The first kappa shape index (κ1) is 14.4. The Hall–Kier alpha value is -2.04. The van der Waals surface area contributed by atoms with Gasteiger partial charge in [0.2, 0.25) is 0 Å². The van der Waals surface area contributed by atoms with Gasteiger partial charge >= 0.3 is 5.97 Å². The Balaban J connectivity index is 2.35. The predicted octanol–water partition coefficient (Wildman–Crippen LogP) is 2.74. The molecular weight excluding hydrogens is 254 g/mol. The second-order valence-corrected chi connectivity index (χ2v) is 5.09. The van der Waals surface area contributed by atoms with Gasteiger partial charge in [-0.05, 0) is 31.4 Å². The number of aryl methyl sites for hydroxylation is 1. The molecule has 0 aliphatic heterocycles. The number of fused-ring (bicyclic) bond motifs is 1. The smallest absolute Gasteiger partial charge is 0.325 e. The van der Waals surface area contributed by atoms with Gasteiger partial charge in [-0.25, -0.2) is 4.98 Å². The lowest BCUT2D eigenvalue weighted by Crippen LogP contribution is -2.18. The molecule has 108 valence electrons. The minimum absolute atomic E-state index is 0.148. The molecule has 2 aromatic rings. The largest absolute Gasteiger partial charge is 0.465 e. The fourth-order valence-corrected chi connectivity index (χ4v) is 2.12. The summed E-state index contributed by atoms with van der Waals surface area (Å²) >= 11 is 0. The van der Waals surface area contributed by atoms with Gasteiger partial charge < -0.3 is 10.1 Å². The maximum Gasteiger partial charge on any atom is 0.325 e. The van der Waals surface area contributed by atoms with E-state index in [0.29, 0.717) is 6.61 Å². The quantitative estimate of drug-likeness (QED) is 0.852. The van der Waals surface area contributed by atoms with Gasteiger partial charge in [-0.2, -0.15) is 0 Å². The number of carbonyl (C=O) groups is 1. The lowest BCUT2D eigenvalue weighted by Gasteiger charge is -2.10. The number of hydrogen-bond acceptors (Lipinski definition) is 4. The van der Waals surface area contributed by atoms with Crippen molar-refractivity contribution in [1.29, 1.82) is 0 Å². The summed E-state index contributed by atoms with van der Waals surface area (Å²) < 4.78 is 6.94. The molecule has 2 rings (SSSR count). The van der Waals surface area contributed by atoms with E-state index >= 15 is 0 Å². The summed E-state index contributed by atoms with van der Waals surface area (Å²) in [6.07, 6.45) is 2.02. The summed E-state index contributed by atoms with van der Waals surface area (Å²) in [4.78, 5) is 16.1. The molecule has 0 aromatic carbocycles. The molecule has 0 radical (unpaired) electrons. The zero-order valence-corrected chi connectivity index (χ0v) is 12.4. The van der Waals surface area contributed by atoms with Crippen molar-refractivity contribution in [3.05, 3.63) is 29.6 Å². The lowest BCUT2D eigenvalue weighted by molar-refractivity contribution is -0.140. The molecule has 0 bridgehead atoms. The topological polar surface area (TPSA) is 55.6 Å². The molecule has 0 unspecified atom stereocenters. The minimum atomic E-state index is -0.259. The first-order valence-corrected chi connectivity index (χ1v) is 6.91. The number of aromatic nitrogens is 2. The van der Waals surface area contributed by atoms with Crippen LogP contribution in [-0.4, -0.2) is 28.5 Å². The Morgan fingerprint density at radius 2 is 2.20 bits per heavy atom. The van der Waals surface area contributed by atoms with Crippen LogP contribution in [0.15, 0.2) is 18.3 Å².